The van der Waals surface area contributed by atoms with E-state index in [4.69, 9.17) is 4.74 Å². The highest BCUT2D eigenvalue weighted by Crippen LogP contribution is 2.32. The summed E-state index contributed by atoms with van der Waals surface area (Å²) in [6.45, 7) is 5.26. The number of nitro groups is 1. The summed E-state index contributed by atoms with van der Waals surface area (Å²) in [6, 6.07) is 7.45. The number of ether oxygens (including phenoxy) is 1. The standard InChI is InChI=1S/C16H18N2O5S/c1-10-7-11(2)16(12(3)8-10)24(21,22)17-14-6-5-13(23-4)9-15(14)18(19)20/h5-9,17H,1-4H3. The number of hydrogen-bond acceptors (Lipinski definition) is 5. The van der Waals surface area contributed by atoms with Gasteiger partial charge in [0.05, 0.1) is 23.0 Å². The Labute approximate surface area is 140 Å². The van der Waals surface area contributed by atoms with Gasteiger partial charge in [0.1, 0.15) is 11.4 Å². The number of rotatable bonds is 5. The second-order valence-corrected chi connectivity index (χ2v) is 7.09. The van der Waals surface area contributed by atoms with Crippen molar-refractivity contribution < 1.29 is 18.1 Å². The van der Waals surface area contributed by atoms with Crippen molar-refractivity contribution in [3.05, 3.63) is 57.1 Å². The molecule has 0 amide bonds. The fourth-order valence-corrected chi connectivity index (χ4v) is 4.19. The van der Waals surface area contributed by atoms with Crippen LogP contribution in [0.15, 0.2) is 35.2 Å². The molecule has 0 aliphatic carbocycles. The molecule has 2 rings (SSSR count). The van der Waals surface area contributed by atoms with E-state index in [1.165, 1.54) is 25.3 Å². The molecule has 2 aromatic carbocycles. The number of nitrogens with zero attached hydrogens (tertiary/aromatic N) is 1. The maximum atomic E-state index is 12.7. The summed E-state index contributed by atoms with van der Waals surface area (Å²) < 4.78 is 32.7. The second-order valence-electron chi connectivity index (χ2n) is 5.47. The topological polar surface area (TPSA) is 98.5 Å². The lowest BCUT2D eigenvalue weighted by Crippen LogP contribution is -2.16. The summed E-state index contributed by atoms with van der Waals surface area (Å²) in [4.78, 5) is 10.7. The summed E-state index contributed by atoms with van der Waals surface area (Å²) in [5.74, 6) is 0.271. The van der Waals surface area contributed by atoms with E-state index >= 15 is 0 Å². The zero-order valence-electron chi connectivity index (χ0n) is 13.8. The first-order valence-corrected chi connectivity index (χ1v) is 8.57. The molecule has 0 radical (unpaired) electrons. The number of methoxy groups -OCH3 is 1. The number of nitro benzene ring substituents is 1. The van der Waals surface area contributed by atoms with Crippen LogP contribution < -0.4 is 9.46 Å². The number of aryl methyl sites for hydroxylation is 3. The first kappa shape index (κ1) is 17.7. The Morgan fingerprint density at radius 2 is 1.67 bits per heavy atom. The fraction of sp³-hybridized carbons (Fsp3) is 0.250. The van der Waals surface area contributed by atoms with Crippen molar-refractivity contribution in [2.45, 2.75) is 25.7 Å². The molecule has 24 heavy (non-hydrogen) atoms. The van der Waals surface area contributed by atoms with E-state index in [0.717, 1.165) is 5.56 Å². The second kappa shape index (κ2) is 6.48. The lowest BCUT2D eigenvalue weighted by atomic mass is 10.1. The number of benzene rings is 2. The van der Waals surface area contributed by atoms with Gasteiger partial charge in [0, 0.05) is 0 Å². The van der Waals surface area contributed by atoms with Gasteiger partial charge in [-0.25, -0.2) is 8.42 Å². The Morgan fingerprint density at radius 3 is 2.17 bits per heavy atom. The summed E-state index contributed by atoms with van der Waals surface area (Å²) in [7, 11) is -2.59. The minimum atomic E-state index is -3.96. The van der Waals surface area contributed by atoms with Gasteiger partial charge >= 0.3 is 0 Å². The third-order valence-corrected chi connectivity index (χ3v) is 5.19. The summed E-state index contributed by atoms with van der Waals surface area (Å²) in [6.07, 6.45) is 0. The van der Waals surface area contributed by atoms with Crippen molar-refractivity contribution in [2.75, 3.05) is 11.8 Å². The third-order valence-electron chi connectivity index (χ3n) is 3.52. The highest BCUT2D eigenvalue weighted by atomic mass is 32.2. The van der Waals surface area contributed by atoms with Gasteiger partial charge in [-0.2, -0.15) is 0 Å². The minimum absolute atomic E-state index is 0.111. The fourth-order valence-electron chi connectivity index (χ4n) is 2.66. The van der Waals surface area contributed by atoms with Crippen LogP contribution in [0.1, 0.15) is 16.7 Å². The average Bonchev–Trinajstić information content (AvgIpc) is 2.45. The van der Waals surface area contributed by atoms with Crippen LogP contribution in [0.25, 0.3) is 0 Å². The van der Waals surface area contributed by atoms with E-state index in [0.29, 0.717) is 11.1 Å². The molecule has 0 aromatic heterocycles. The molecule has 0 spiro atoms. The van der Waals surface area contributed by atoms with Crippen molar-refractivity contribution in [1.29, 1.82) is 0 Å². The van der Waals surface area contributed by atoms with Crippen LogP contribution in [0, 0.1) is 30.9 Å². The van der Waals surface area contributed by atoms with Crippen LogP contribution >= 0.6 is 0 Å². The lowest BCUT2D eigenvalue weighted by molar-refractivity contribution is -0.384. The number of sulfonamides is 1. The molecule has 0 heterocycles. The van der Waals surface area contributed by atoms with Gasteiger partial charge in [-0.1, -0.05) is 17.7 Å². The minimum Gasteiger partial charge on any atom is -0.496 e. The first-order chi connectivity index (χ1) is 11.2. The van der Waals surface area contributed by atoms with Gasteiger partial charge in [0.25, 0.3) is 15.7 Å². The highest BCUT2D eigenvalue weighted by molar-refractivity contribution is 7.92. The predicted octanol–water partition coefficient (Wildman–Crippen LogP) is 3.33. The monoisotopic (exact) mass is 350 g/mol. The Kier molecular flexibility index (Phi) is 4.79. The molecular weight excluding hydrogens is 332 g/mol. The molecule has 0 saturated carbocycles. The Hall–Kier alpha value is -2.61. The van der Waals surface area contributed by atoms with Gasteiger partial charge < -0.3 is 4.74 Å². The Bertz CT molecular complexity index is 884. The summed E-state index contributed by atoms with van der Waals surface area (Å²) in [5, 5.41) is 11.2. The van der Waals surface area contributed by atoms with Gasteiger partial charge in [0.15, 0.2) is 0 Å². The van der Waals surface area contributed by atoms with Crippen molar-refractivity contribution in [2.24, 2.45) is 0 Å². The number of anilines is 1. The molecule has 1 N–H and O–H groups in total. The maximum Gasteiger partial charge on any atom is 0.297 e. The predicted molar refractivity (Wildman–Crippen MR) is 91.1 cm³/mol. The molecule has 128 valence electrons. The summed E-state index contributed by atoms with van der Waals surface area (Å²) in [5.41, 5.74) is 1.62. The molecule has 2 aromatic rings. The van der Waals surface area contributed by atoms with Crippen LogP contribution in [0.4, 0.5) is 11.4 Å². The van der Waals surface area contributed by atoms with Crippen LogP contribution in [0.2, 0.25) is 0 Å². The zero-order valence-corrected chi connectivity index (χ0v) is 14.6. The van der Waals surface area contributed by atoms with Crippen molar-refractivity contribution >= 4 is 21.4 Å². The van der Waals surface area contributed by atoms with Crippen molar-refractivity contribution in [1.82, 2.24) is 0 Å². The highest BCUT2D eigenvalue weighted by Gasteiger charge is 2.24. The Morgan fingerprint density at radius 1 is 1.08 bits per heavy atom. The molecule has 0 atom stereocenters. The summed E-state index contributed by atoms with van der Waals surface area (Å²) >= 11 is 0. The van der Waals surface area contributed by atoms with Crippen LogP contribution in [0.5, 0.6) is 5.75 Å². The Balaban J connectivity index is 2.53. The van der Waals surface area contributed by atoms with E-state index in [2.05, 4.69) is 4.72 Å². The van der Waals surface area contributed by atoms with Crippen LogP contribution in [-0.4, -0.2) is 20.5 Å². The van der Waals surface area contributed by atoms with E-state index in [9.17, 15) is 18.5 Å². The smallest absolute Gasteiger partial charge is 0.297 e. The van der Waals surface area contributed by atoms with Crippen molar-refractivity contribution in [3.63, 3.8) is 0 Å². The molecular formula is C16H18N2O5S. The van der Waals surface area contributed by atoms with E-state index in [-0.39, 0.29) is 22.0 Å². The molecule has 0 bridgehead atoms. The quantitative estimate of drug-likeness (QED) is 0.659. The maximum absolute atomic E-state index is 12.7. The number of hydrogen-bond donors (Lipinski definition) is 1. The van der Waals surface area contributed by atoms with Crippen molar-refractivity contribution in [3.8, 4) is 5.75 Å². The molecule has 7 nitrogen and oxygen atoms in total. The first-order valence-electron chi connectivity index (χ1n) is 7.09. The van der Waals surface area contributed by atoms with Gasteiger partial charge in [-0.05, 0) is 44.0 Å². The molecule has 0 unspecified atom stereocenters. The van der Waals surface area contributed by atoms with E-state index < -0.39 is 14.9 Å². The number of nitrogens with one attached hydrogen (secondary N) is 1. The lowest BCUT2D eigenvalue weighted by Gasteiger charge is -2.14. The average molecular weight is 350 g/mol. The van der Waals surface area contributed by atoms with Gasteiger partial charge in [-0.15, -0.1) is 0 Å². The largest absolute Gasteiger partial charge is 0.496 e. The third kappa shape index (κ3) is 3.48. The molecule has 0 aliphatic rings. The van der Waals surface area contributed by atoms with E-state index in [1.807, 2.05) is 6.92 Å². The van der Waals surface area contributed by atoms with Gasteiger partial charge in [0.2, 0.25) is 0 Å². The van der Waals surface area contributed by atoms with E-state index in [1.54, 1.807) is 26.0 Å². The normalized spacial score (nSPS) is 11.2. The van der Waals surface area contributed by atoms with Crippen LogP contribution in [-0.2, 0) is 10.0 Å². The molecule has 0 saturated heterocycles. The van der Waals surface area contributed by atoms with Gasteiger partial charge in [-0.3, -0.25) is 14.8 Å². The zero-order chi connectivity index (χ0) is 18.1. The van der Waals surface area contributed by atoms with Crippen LogP contribution in [0.3, 0.4) is 0 Å². The molecule has 0 aliphatic heterocycles. The molecule has 0 fully saturated rings. The SMILES string of the molecule is COc1ccc(NS(=O)(=O)c2c(C)cc(C)cc2C)c([N+](=O)[O-])c1. The molecule has 8 heteroatoms.